The summed E-state index contributed by atoms with van der Waals surface area (Å²) in [6.45, 7) is 3.54. The van der Waals surface area contributed by atoms with Crippen molar-refractivity contribution >= 4 is 11.9 Å². The molecule has 1 aromatic carbocycles. The molecular formula is C19H26N4O2. The van der Waals surface area contributed by atoms with Gasteiger partial charge in [0.25, 0.3) is 5.91 Å². The van der Waals surface area contributed by atoms with Gasteiger partial charge in [0.05, 0.1) is 12.7 Å². The second kappa shape index (κ2) is 10.3. The number of ether oxygens (including phenoxy) is 1. The third-order valence-electron chi connectivity index (χ3n) is 3.84. The zero-order chi connectivity index (χ0) is 17.9. The van der Waals surface area contributed by atoms with Crippen molar-refractivity contribution in [3.8, 4) is 5.75 Å². The molecule has 1 aromatic heterocycles. The van der Waals surface area contributed by atoms with Crippen molar-refractivity contribution in [2.24, 2.45) is 0 Å². The molecule has 6 nitrogen and oxygen atoms in total. The van der Waals surface area contributed by atoms with Crippen LogP contribution in [0.15, 0.2) is 36.7 Å². The van der Waals surface area contributed by atoms with Crippen LogP contribution in [0.1, 0.15) is 42.1 Å². The third-order valence-corrected chi connectivity index (χ3v) is 3.84. The van der Waals surface area contributed by atoms with E-state index in [4.69, 9.17) is 4.74 Å². The van der Waals surface area contributed by atoms with Crippen molar-refractivity contribution in [2.45, 2.75) is 32.6 Å². The van der Waals surface area contributed by atoms with Crippen molar-refractivity contribution in [1.29, 1.82) is 0 Å². The number of nitrogens with zero attached hydrogens (tertiary/aromatic N) is 2. The molecule has 0 spiro atoms. The highest BCUT2D eigenvalue weighted by Gasteiger charge is 2.06. The van der Waals surface area contributed by atoms with E-state index in [1.165, 1.54) is 5.56 Å². The Morgan fingerprint density at radius 3 is 2.44 bits per heavy atom. The summed E-state index contributed by atoms with van der Waals surface area (Å²) in [4.78, 5) is 20.3. The summed E-state index contributed by atoms with van der Waals surface area (Å²) in [5.74, 6) is 1.25. The Hall–Kier alpha value is -2.63. The molecule has 0 aliphatic heterocycles. The molecule has 0 aliphatic carbocycles. The van der Waals surface area contributed by atoms with Crippen LogP contribution in [-0.2, 0) is 6.42 Å². The Bertz CT molecular complexity index is 641. The SMILES string of the molecule is CCCCCNC(=O)c1cnc(NCCc2ccc(OC)cc2)nc1. The molecule has 25 heavy (non-hydrogen) atoms. The Balaban J connectivity index is 1.74. The summed E-state index contributed by atoms with van der Waals surface area (Å²) >= 11 is 0. The highest BCUT2D eigenvalue weighted by Crippen LogP contribution is 2.11. The number of anilines is 1. The maximum Gasteiger partial charge on any atom is 0.254 e. The first-order valence-electron chi connectivity index (χ1n) is 8.70. The van der Waals surface area contributed by atoms with Crippen molar-refractivity contribution in [1.82, 2.24) is 15.3 Å². The molecule has 0 fully saturated rings. The Labute approximate surface area is 149 Å². The molecule has 0 atom stereocenters. The van der Waals surface area contributed by atoms with Gasteiger partial charge < -0.3 is 15.4 Å². The standard InChI is InChI=1S/C19H26N4O2/c1-3-4-5-11-20-18(24)16-13-22-19(23-14-16)21-12-10-15-6-8-17(25-2)9-7-15/h6-9,13-14H,3-5,10-12H2,1-2H3,(H,20,24)(H,21,22,23). The molecule has 1 amide bonds. The first kappa shape index (κ1) is 18.7. The van der Waals surface area contributed by atoms with E-state index in [1.807, 2.05) is 24.3 Å². The van der Waals surface area contributed by atoms with E-state index in [0.29, 0.717) is 18.1 Å². The normalized spacial score (nSPS) is 10.3. The fourth-order valence-corrected chi connectivity index (χ4v) is 2.33. The zero-order valence-corrected chi connectivity index (χ0v) is 14.9. The summed E-state index contributed by atoms with van der Waals surface area (Å²) in [7, 11) is 1.66. The van der Waals surface area contributed by atoms with E-state index in [9.17, 15) is 4.79 Å². The largest absolute Gasteiger partial charge is 0.497 e. The molecule has 2 rings (SSSR count). The van der Waals surface area contributed by atoms with E-state index < -0.39 is 0 Å². The number of aromatic nitrogens is 2. The second-order valence-electron chi connectivity index (χ2n) is 5.78. The summed E-state index contributed by atoms with van der Waals surface area (Å²) in [6.07, 6.45) is 7.21. The number of rotatable bonds is 10. The van der Waals surface area contributed by atoms with Crippen LogP contribution in [0.5, 0.6) is 5.75 Å². The topological polar surface area (TPSA) is 76.1 Å². The highest BCUT2D eigenvalue weighted by atomic mass is 16.5. The average Bonchev–Trinajstić information content (AvgIpc) is 2.66. The van der Waals surface area contributed by atoms with Crippen molar-refractivity contribution in [2.75, 3.05) is 25.5 Å². The molecule has 0 saturated heterocycles. The van der Waals surface area contributed by atoms with E-state index in [-0.39, 0.29) is 5.91 Å². The summed E-state index contributed by atoms with van der Waals surface area (Å²) in [5.41, 5.74) is 1.69. The number of methoxy groups -OCH3 is 1. The molecule has 2 aromatic rings. The van der Waals surface area contributed by atoms with Gasteiger partial charge in [-0.05, 0) is 30.5 Å². The Morgan fingerprint density at radius 1 is 1.08 bits per heavy atom. The average molecular weight is 342 g/mol. The van der Waals surface area contributed by atoms with Crippen LogP contribution in [0.2, 0.25) is 0 Å². The number of benzene rings is 1. The lowest BCUT2D eigenvalue weighted by molar-refractivity contribution is 0.0952. The van der Waals surface area contributed by atoms with Crippen LogP contribution >= 0.6 is 0 Å². The number of hydrogen-bond acceptors (Lipinski definition) is 5. The predicted molar refractivity (Wildman–Crippen MR) is 99.1 cm³/mol. The van der Waals surface area contributed by atoms with Gasteiger partial charge in [0.15, 0.2) is 0 Å². The zero-order valence-electron chi connectivity index (χ0n) is 14.9. The van der Waals surface area contributed by atoms with Crippen molar-refractivity contribution in [3.05, 3.63) is 47.8 Å². The first-order valence-corrected chi connectivity index (χ1v) is 8.70. The van der Waals surface area contributed by atoms with Gasteiger partial charge in [-0.2, -0.15) is 0 Å². The predicted octanol–water partition coefficient (Wildman–Crippen LogP) is 3.06. The molecule has 0 radical (unpaired) electrons. The molecule has 2 N–H and O–H groups in total. The van der Waals surface area contributed by atoms with Crippen molar-refractivity contribution in [3.63, 3.8) is 0 Å². The number of carbonyl (C=O) groups is 1. The highest BCUT2D eigenvalue weighted by molar-refractivity contribution is 5.93. The quantitative estimate of drug-likeness (QED) is 0.649. The molecule has 0 unspecified atom stereocenters. The molecular weight excluding hydrogens is 316 g/mol. The summed E-state index contributed by atoms with van der Waals surface area (Å²) < 4.78 is 5.14. The minimum absolute atomic E-state index is 0.124. The monoisotopic (exact) mass is 342 g/mol. The lowest BCUT2D eigenvalue weighted by Crippen LogP contribution is -2.24. The fraction of sp³-hybridized carbons (Fsp3) is 0.421. The van der Waals surface area contributed by atoms with Crippen LogP contribution < -0.4 is 15.4 Å². The van der Waals surface area contributed by atoms with E-state index in [0.717, 1.165) is 38.0 Å². The fourth-order valence-electron chi connectivity index (χ4n) is 2.33. The van der Waals surface area contributed by atoms with Gasteiger partial charge in [0.1, 0.15) is 5.75 Å². The van der Waals surface area contributed by atoms with Gasteiger partial charge in [-0.15, -0.1) is 0 Å². The van der Waals surface area contributed by atoms with Gasteiger partial charge in [0, 0.05) is 25.5 Å². The molecule has 0 aliphatic rings. The van der Waals surface area contributed by atoms with Gasteiger partial charge in [0.2, 0.25) is 5.95 Å². The molecule has 6 heteroatoms. The number of amides is 1. The van der Waals surface area contributed by atoms with Crippen LogP contribution in [0.3, 0.4) is 0 Å². The summed E-state index contributed by atoms with van der Waals surface area (Å²) in [5, 5.41) is 6.04. The minimum atomic E-state index is -0.124. The summed E-state index contributed by atoms with van der Waals surface area (Å²) in [6, 6.07) is 7.96. The molecule has 1 heterocycles. The van der Waals surface area contributed by atoms with Crippen LogP contribution in [0.25, 0.3) is 0 Å². The Kier molecular flexibility index (Phi) is 7.69. The lowest BCUT2D eigenvalue weighted by atomic mass is 10.1. The van der Waals surface area contributed by atoms with Crippen LogP contribution in [0, 0.1) is 0 Å². The van der Waals surface area contributed by atoms with Crippen molar-refractivity contribution < 1.29 is 9.53 Å². The number of unbranched alkanes of at least 4 members (excludes halogenated alkanes) is 2. The third kappa shape index (κ3) is 6.41. The molecule has 0 saturated carbocycles. The van der Waals surface area contributed by atoms with Gasteiger partial charge in [-0.3, -0.25) is 4.79 Å². The van der Waals surface area contributed by atoms with E-state index in [1.54, 1.807) is 19.5 Å². The maximum absolute atomic E-state index is 11.9. The van der Waals surface area contributed by atoms with E-state index >= 15 is 0 Å². The molecule has 134 valence electrons. The van der Waals surface area contributed by atoms with Gasteiger partial charge >= 0.3 is 0 Å². The van der Waals surface area contributed by atoms with Crippen LogP contribution in [0.4, 0.5) is 5.95 Å². The molecule has 0 bridgehead atoms. The van der Waals surface area contributed by atoms with E-state index in [2.05, 4.69) is 27.5 Å². The Morgan fingerprint density at radius 2 is 1.80 bits per heavy atom. The lowest BCUT2D eigenvalue weighted by Gasteiger charge is -2.07. The second-order valence-corrected chi connectivity index (χ2v) is 5.78. The van der Waals surface area contributed by atoms with Crippen LogP contribution in [-0.4, -0.2) is 36.1 Å². The number of carbonyl (C=O) groups excluding carboxylic acids is 1. The van der Waals surface area contributed by atoms with Gasteiger partial charge in [-0.1, -0.05) is 31.9 Å². The smallest absolute Gasteiger partial charge is 0.254 e. The number of hydrogen-bond donors (Lipinski definition) is 2. The minimum Gasteiger partial charge on any atom is -0.497 e. The maximum atomic E-state index is 11.9. The number of nitrogens with one attached hydrogen (secondary N) is 2. The first-order chi connectivity index (χ1) is 12.2. The van der Waals surface area contributed by atoms with Gasteiger partial charge in [-0.25, -0.2) is 9.97 Å².